The Balaban J connectivity index is 1.49. The lowest BCUT2D eigenvalue weighted by Crippen LogP contribution is -2.32. The van der Waals surface area contributed by atoms with E-state index >= 15 is 0 Å². The zero-order chi connectivity index (χ0) is 31.0. The number of hydrogen-bond donors (Lipinski definition) is 0. The third-order valence-electron chi connectivity index (χ3n) is 8.36. The Kier molecular flexibility index (Phi) is 15.0. The molecule has 2 heterocycles. The monoisotopic (exact) mass is 634 g/mol. The summed E-state index contributed by atoms with van der Waals surface area (Å²) in [6, 6.07) is 7.25. The van der Waals surface area contributed by atoms with Crippen molar-refractivity contribution in [3.8, 4) is 5.75 Å². The molecule has 1 aromatic rings. The molecule has 2 unspecified atom stereocenters. The molecule has 2 aliphatic heterocycles. The van der Waals surface area contributed by atoms with E-state index in [-0.39, 0.29) is 48.7 Å². The number of carbonyl (C=O) groups excluding carboxylic acids is 2. The first kappa shape index (κ1) is 34.4. The highest BCUT2D eigenvalue weighted by molar-refractivity contribution is 6.30. The number of ether oxygens (including phenoxy) is 7. The highest BCUT2D eigenvalue weighted by atomic mass is 35.5. The Hall–Kier alpha value is -2.43. The fraction of sp³-hybridized carbons (Fsp3) is 0.647. The van der Waals surface area contributed by atoms with E-state index in [2.05, 4.69) is 18.2 Å². The molecular weight excluding hydrogens is 588 g/mol. The molecule has 0 amide bonds. The first-order chi connectivity index (χ1) is 21.6. The number of carbonyl (C=O) groups is 2. The third-order valence-corrected chi connectivity index (χ3v) is 8.61. The Morgan fingerprint density at radius 3 is 2.45 bits per heavy atom. The van der Waals surface area contributed by atoms with Crippen LogP contribution in [0.5, 0.6) is 5.75 Å². The van der Waals surface area contributed by atoms with Crippen LogP contribution in [0.2, 0.25) is 5.02 Å². The van der Waals surface area contributed by atoms with Gasteiger partial charge in [0.2, 0.25) is 0 Å². The van der Waals surface area contributed by atoms with E-state index in [4.69, 9.17) is 44.8 Å². The van der Waals surface area contributed by atoms with Gasteiger partial charge < -0.3 is 33.2 Å². The van der Waals surface area contributed by atoms with Gasteiger partial charge in [0, 0.05) is 42.9 Å². The molecule has 244 valence electrons. The summed E-state index contributed by atoms with van der Waals surface area (Å²) in [7, 11) is 1.40. The largest absolute Gasteiger partial charge is 0.491 e. The van der Waals surface area contributed by atoms with Gasteiger partial charge in [-0.1, -0.05) is 35.9 Å². The number of allylic oxidation sites excluding steroid dienone is 2. The molecule has 3 fully saturated rings. The van der Waals surface area contributed by atoms with E-state index in [9.17, 15) is 9.59 Å². The zero-order valence-electron chi connectivity index (χ0n) is 25.7. The molecule has 10 heteroatoms. The van der Waals surface area contributed by atoms with Crippen LogP contribution in [0, 0.1) is 11.8 Å². The van der Waals surface area contributed by atoms with Crippen molar-refractivity contribution in [3.05, 3.63) is 53.6 Å². The molecule has 9 nitrogen and oxygen atoms in total. The fourth-order valence-electron chi connectivity index (χ4n) is 6.00. The summed E-state index contributed by atoms with van der Waals surface area (Å²) in [5, 5.41) is 0.644. The van der Waals surface area contributed by atoms with Gasteiger partial charge in [0.1, 0.15) is 24.6 Å². The van der Waals surface area contributed by atoms with Crippen LogP contribution in [0.1, 0.15) is 70.6 Å². The molecule has 0 spiro atoms. The molecule has 1 aromatic carbocycles. The van der Waals surface area contributed by atoms with Crippen LogP contribution in [0.15, 0.2) is 48.6 Å². The number of benzene rings is 1. The predicted molar refractivity (Wildman–Crippen MR) is 165 cm³/mol. The summed E-state index contributed by atoms with van der Waals surface area (Å²) in [6.45, 7) is 2.19. The van der Waals surface area contributed by atoms with Gasteiger partial charge in [-0.2, -0.15) is 0 Å². The lowest BCUT2D eigenvalue weighted by molar-refractivity contribution is -0.193. The lowest BCUT2D eigenvalue weighted by atomic mass is 9.89. The maximum absolute atomic E-state index is 11.5. The van der Waals surface area contributed by atoms with E-state index in [1.807, 2.05) is 18.2 Å². The van der Waals surface area contributed by atoms with Crippen LogP contribution < -0.4 is 4.74 Å². The van der Waals surface area contributed by atoms with Crippen LogP contribution >= 0.6 is 11.6 Å². The molecule has 1 aliphatic carbocycles. The second kappa shape index (κ2) is 19.2. The zero-order valence-corrected chi connectivity index (χ0v) is 26.4. The average Bonchev–Trinajstić information content (AvgIpc) is 3.36. The van der Waals surface area contributed by atoms with Gasteiger partial charge in [-0.25, -0.2) is 0 Å². The molecule has 7 atom stereocenters. The van der Waals surface area contributed by atoms with Crippen LogP contribution in [0.25, 0.3) is 0 Å². The van der Waals surface area contributed by atoms with Crippen LogP contribution in [0.4, 0.5) is 0 Å². The van der Waals surface area contributed by atoms with Crippen molar-refractivity contribution in [2.45, 2.75) is 102 Å². The maximum atomic E-state index is 11.5. The van der Waals surface area contributed by atoms with E-state index < -0.39 is 0 Å². The van der Waals surface area contributed by atoms with Gasteiger partial charge in [0.25, 0.3) is 6.47 Å². The van der Waals surface area contributed by atoms with Crippen LogP contribution in [-0.4, -0.2) is 70.3 Å². The quantitative estimate of drug-likeness (QED) is 0.0816. The van der Waals surface area contributed by atoms with E-state index in [1.165, 1.54) is 7.11 Å². The second-order valence-corrected chi connectivity index (χ2v) is 12.0. The average molecular weight is 635 g/mol. The van der Waals surface area contributed by atoms with Crippen molar-refractivity contribution in [2.75, 3.05) is 26.9 Å². The Labute approximate surface area is 266 Å². The van der Waals surface area contributed by atoms with E-state index in [1.54, 1.807) is 12.1 Å². The van der Waals surface area contributed by atoms with Gasteiger partial charge in [-0.05, 0) is 82.1 Å². The summed E-state index contributed by atoms with van der Waals surface area (Å²) in [5.74, 6) is 0.427. The summed E-state index contributed by atoms with van der Waals surface area (Å²) >= 11 is 6.05. The first-order valence-electron chi connectivity index (χ1n) is 16.0. The Morgan fingerprint density at radius 1 is 1.02 bits per heavy atom. The summed E-state index contributed by atoms with van der Waals surface area (Å²) in [5.41, 5.74) is 0. The van der Waals surface area contributed by atoms with Crippen molar-refractivity contribution >= 4 is 24.0 Å². The lowest BCUT2D eigenvalue weighted by Gasteiger charge is -2.29. The Morgan fingerprint density at radius 2 is 1.77 bits per heavy atom. The molecule has 3 aliphatic rings. The minimum absolute atomic E-state index is 0.00865. The fourth-order valence-corrected chi connectivity index (χ4v) is 6.13. The van der Waals surface area contributed by atoms with Gasteiger partial charge in [0.05, 0.1) is 13.2 Å². The number of rotatable bonds is 17. The summed E-state index contributed by atoms with van der Waals surface area (Å²) in [4.78, 5) is 23.0. The molecule has 0 radical (unpaired) electrons. The van der Waals surface area contributed by atoms with Crippen molar-refractivity contribution in [1.82, 2.24) is 0 Å². The van der Waals surface area contributed by atoms with Gasteiger partial charge in [-0.15, -0.1) is 0 Å². The standard InChI is InChI=1S/C34H47ClO9/c1-38-32(37)11-5-3-2-4-10-28-29(31(22-30(28)42-24-36)44-34-13-7-9-21-40-34)19-18-27(43-33-12-6-8-20-39-33)23-41-26-16-14-25(35)15-17-26/h2,4,14-19,24,27-31,33-34H,3,5-13,20-23H2,1H3/b4-2-,19-18+/t27-,28-,29-,30-,31-,33?,34?/m1/s1. The van der Waals surface area contributed by atoms with Crippen LogP contribution in [0.3, 0.4) is 0 Å². The third kappa shape index (κ3) is 11.5. The first-order valence-corrected chi connectivity index (χ1v) is 16.3. The van der Waals surface area contributed by atoms with Gasteiger partial charge in [-0.3, -0.25) is 9.59 Å². The van der Waals surface area contributed by atoms with Crippen molar-refractivity contribution in [3.63, 3.8) is 0 Å². The smallest absolute Gasteiger partial charge is 0.305 e. The number of unbranched alkanes of at least 4 members (excludes halogenated alkanes) is 1. The molecule has 0 N–H and O–H groups in total. The maximum Gasteiger partial charge on any atom is 0.305 e. The highest BCUT2D eigenvalue weighted by Gasteiger charge is 2.44. The molecule has 4 rings (SSSR count). The summed E-state index contributed by atoms with van der Waals surface area (Å²) < 4.78 is 41.1. The number of halogens is 1. The molecule has 44 heavy (non-hydrogen) atoms. The molecular formula is C34H47ClO9. The van der Waals surface area contributed by atoms with Crippen molar-refractivity contribution < 1.29 is 42.7 Å². The molecule has 0 bridgehead atoms. The topological polar surface area (TPSA) is 98.8 Å². The normalized spacial score (nSPS) is 28.2. The van der Waals surface area contributed by atoms with Crippen LogP contribution in [-0.2, 0) is 38.0 Å². The minimum atomic E-state index is -0.374. The second-order valence-electron chi connectivity index (χ2n) is 11.5. The van der Waals surface area contributed by atoms with E-state index in [0.29, 0.717) is 62.7 Å². The molecule has 2 saturated heterocycles. The molecule has 1 saturated carbocycles. The van der Waals surface area contributed by atoms with Gasteiger partial charge in [0.15, 0.2) is 12.6 Å². The predicted octanol–water partition coefficient (Wildman–Crippen LogP) is 6.57. The van der Waals surface area contributed by atoms with Gasteiger partial charge >= 0.3 is 5.97 Å². The number of esters is 1. The minimum Gasteiger partial charge on any atom is -0.491 e. The van der Waals surface area contributed by atoms with Crippen molar-refractivity contribution in [2.24, 2.45) is 11.8 Å². The van der Waals surface area contributed by atoms with Crippen molar-refractivity contribution in [1.29, 1.82) is 0 Å². The highest BCUT2D eigenvalue weighted by Crippen LogP contribution is 2.41. The molecule has 0 aromatic heterocycles. The number of methoxy groups -OCH3 is 1. The SMILES string of the molecule is COC(=O)CCC/C=C\C[C@@H]1[C@@H](/C=C/[C@H](COc2ccc(Cl)cc2)OC2CCCCO2)[C@H](OC2CCCCO2)C[C@H]1OC=O. The Bertz CT molecular complexity index is 1030. The number of hydrogen-bond acceptors (Lipinski definition) is 9. The van der Waals surface area contributed by atoms with E-state index in [0.717, 1.165) is 44.9 Å². The summed E-state index contributed by atoms with van der Waals surface area (Å²) in [6.07, 6.45) is 15.9.